The Labute approximate surface area is 217 Å². The third kappa shape index (κ3) is 5.96. The van der Waals surface area contributed by atoms with Crippen LogP contribution in [0.15, 0.2) is 48.5 Å². The first-order chi connectivity index (χ1) is 17.8. The molecule has 2 aromatic rings. The average molecular weight is 516 g/mol. The van der Waals surface area contributed by atoms with Gasteiger partial charge in [-0.1, -0.05) is 30.3 Å². The first-order valence-electron chi connectivity index (χ1n) is 13.4. The Bertz CT molecular complexity index is 1060. The Morgan fingerprint density at radius 1 is 0.946 bits per heavy atom. The minimum Gasteiger partial charge on any atom is -0.469 e. The number of nitrogens with zero attached hydrogens (tertiary/aromatic N) is 3. The molecular formula is C29H36F3N3O2. The van der Waals surface area contributed by atoms with Gasteiger partial charge >= 0.3 is 12.1 Å². The lowest BCUT2D eigenvalue weighted by molar-refractivity contribution is -0.141. The molecule has 37 heavy (non-hydrogen) atoms. The molecule has 5 rings (SSSR count). The smallest absolute Gasteiger partial charge is 0.416 e. The van der Waals surface area contributed by atoms with Crippen molar-refractivity contribution in [3.63, 3.8) is 0 Å². The molecule has 200 valence electrons. The fourth-order valence-corrected chi connectivity index (χ4v) is 6.53. The molecule has 0 amide bonds. The van der Waals surface area contributed by atoms with Crippen LogP contribution >= 0.6 is 0 Å². The quantitative estimate of drug-likeness (QED) is 0.524. The highest BCUT2D eigenvalue weighted by molar-refractivity contribution is 5.69. The molecule has 2 atom stereocenters. The predicted octanol–water partition coefficient (Wildman–Crippen LogP) is 4.64. The van der Waals surface area contributed by atoms with Crippen LogP contribution in [-0.4, -0.2) is 74.2 Å². The molecule has 0 saturated carbocycles. The molecule has 8 heteroatoms. The first kappa shape index (κ1) is 26.0. The van der Waals surface area contributed by atoms with Crippen molar-refractivity contribution in [3.05, 3.63) is 65.2 Å². The number of likely N-dealkylation sites (tertiary alicyclic amines) is 1. The fourth-order valence-electron chi connectivity index (χ4n) is 6.53. The number of halogens is 3. The van der Waals surface area contributed by atoms with E-state index in [-0.39, 0.29) is 5.97 Å². The number of methoxy groups -OCH3 is 1. The molecule has 1 aliphatic carbocycles. The van der Waals surface area contributed by atoms with E-state index in [4.69, 9.17) is 4.74 Å². The SMILES string of the molecule is COC(=O)CC[C@@H]1CN(C2Cc3ccccc3C2)CC[C@@H]1N1CCN(c2cccc(C(F)(F)F)c2)CC1. The van der Waals surface area contributed by atoms with Crippen LogP contribution in [0.25, 0.3) is 0 Å². The van der Waals surface area contributed by atoms with E-state index < -0.39 is 11.7 Å². The lowest BCUT2D eigenvalue weighted by Gasteiger charge is -2.48. The Kier molecular flexibility index (Phi) is 7.77. The summed E-state index contributed by atoms with van der Waals surface area (Å²) in [5.74, 6) is 0.190. The van der Waals surface area contributed by atoms with Gasteiger partial charge in [0.2, 0.25) is 0 Å². The van der Waals surface area contributed by atoms with Crippen molar-refractivity contribution >= 4 is 11.7 Å². The van der Waals surface area contributed by atoms with Crippen LogP contribution < -0.4 is 4.90 Å². The van der Waals surface area contributed by atoms with E-state index in [1.54, 1.807) is 6.07 Å². The van der Waals surface area contributed by atoms with E-state index in [0.717, 1.165) is 57.9 Å². The van der Waals surface area contributed by atoms with Crippen molar-refractivity contribution in [2.75, 3.05) is 51.3 Å². The molecule has 2 aliphatic heterocycles. The van der Waals surface area contributed by atoms with Gasteiger partial charge in [-0.2, -0.15) is 13.2 Å². The molecule has 3 aliphatic rings. The van der Waals surface area contributed by atoms with Crippen LogP contribution in [0.1, 0.15) is 36.0 Å². The second-order valence-electron chi connectivity index (χ2n) is 10.6. The van der Waals surface area contributed by atoms with Gasteiger partial charge in [0, 0.05) is 56.9 Å². The molecule has 5 nitrogen and oxygen atoms in total. The highest BCUT2D eigenvalue weighted by Gasteiger charge is 2.38. The van der Waals surface area contributed by atoms with Crippen molar-refractivity contribution in [1.29, 1.82) is 0 Å². The molecule has 0 radical (unpaired) electrons. The highest BCUT2D eigenvalue weighted by atomic mass is 19.4. The Morgan fingerprint density at radius 2 is 1.65 bits per heavy atom. The van der Waals surface area contributed by atoms with Crippen molar-refractivity contribution in [3.8, 4) is 0 Å². The third-order valence-corrected chi connectivity index (χ3v) is 8.54. The number of anilines is 1. The Morgan fingerprint density at radius 3 is 2.30 bits per heavy atom. The second-order valence-corrected chi connectivity index (χ2v) is 10.6. The Hall–Kier alpha value is -2.58. The average Bonchev–Trinajstić information content (AvgIpc) is 3.36. The molecule has 2 fully saturated rings. The van der Waals surface area contributed by atoms with Gasteiger partial charge in [-0.25, -0.2) is 0 Å². The molecule has 0 bridgehead atoms. The van der Waals surface area contributed by atoms with Crippen LogP contribution in [0.2, 0.25) is 0 Å². The van der Waals surface area contributed by atoms with Gasteiger partial charge in [0.15, 0.2) is 0 Å². The minimum absolute atomic E-state index is 0.168. The molecule has 0 aromatic heterocycles. The van der Waals surface area contributed by atoms with E-state index in [1.807, 2.05) is 0 Å². The van der Waals surface area contributed by atoms with Crippen LogP contribution in [0.3, 0.4) is 0 Å². The number of esters is 1. The number of fused-ring (bicyclic) bond motifs is 1. The summed E-state index contributed by atoms with van der Waals surface area (Å²) in [5.41, 5.74) is 2.93. The summed E-state index contributed by atoms with van der Waals surface area (Å²) >= 11 is 0. The zero-order chi connectivity index (χ0) is 26.0. The maximum absolute atomic E-state index is 13.2. The molecule has 0 spiro atoms. The third-order valence-electron chi connectivity index (χ3n) is 8.54. The number of carbonyl (C=O) groups excluding carboxylic acids is 1. The zero-order valence-electron chi connectivity index (χ0n) is 21.4. The predicted molar refractivity (Wildman–Crippen MR) is 138 cm³/mol. The lowest BCUT2D eigenvalue weighted by Crippen LogP contribution is -2.58. The maximum atomic E-state index is 13.2. The van der Waals surface area contributed by atoms with E-state index in [9.17, 15) is 18.0 Å². The van der Waals surface area contributed by atoms with Crippen molar-refractivity contribution in [2.24, 2.45) is 5.92 Å². The molecule has 2 aromatic carbocycles. The number of hydrogen-bond donors (Lipinski definition) is 0. The van der Waals surface area contributed by atoms with Gasteiger partial charge in [0.25, 0.3) is 0 Å². The van der Waals surface area contributed by atoms with Gasteiger partial charge in [0.1, 0.15) is 0 Å². The largest absolute Gasteiger partial charge is 0.469 e. The number of benzene rings is 2. The number of carbonyl (C=O) groups is 1. The van der Waals surface area contributed by atoms with Gasteiger partial charge in [-0.15, -0.1) is 0 Å². The van der Waals surface area contributed by atoms with E-state index in [2.05, 4.69) is 39.0 Å². The number of ether oxygens (including phenoxy) is 1. The Balaban J connectivity index is 1.23. The fraction of sp³-hybridized carbons (Fsp3) is 0.552. The molecule has 0 unspecified atom stereocenters. The summed E-state index contributed by atoms with van der Waals surface area (Å²) in [4.78, 5) is 19.2. The minimum atomic E-state index is -4.33. The van der Waals surface area contributed by atoms with Crippen LogP contribution in [0, 0.1) is 5.92 Å². The standard InChI is InChI=1S/C29H36F3N3O2/c1-37-28(36)10-9-23-20-35(26-17-21-5-2-3-6-22(21)18-26)12-11-27(23)34-15-13-33(14-16-34)25-8-4-7-24(19-25)29(30,31)32/h2-8,19,23,26-27H,9-18,20H2,1H3/t23-,27+/m1/s1. The number of rotatable bonds is 6. The van der Waals surface area contributed by atoms with E-state index in [1.165, 1.54) is 30.4 Å². The van der Waals surface area contributed by atoms with Crippen LogP contribution in [-0.2, 0) is 28.5 Å². The monoisotopic (exact) mass is 515 g/mol. The maximum Gasteiger partial charge on any atom is 0.416 e. The highest BCUT2D eigenvalue weighted by Crippen LogP contribution is 2.34. The van der Waals surface area contributed by atoms with Crippen LogP contribution in [0.5, 0.6) is 0 Å². The van der Waals surface area contributed by atoms with Gasteiger partial charge in [-0.05, 0) is 67.5 Å². The van der Waals surface area contributed by atoms with Crippen molar-refractivity contribution in [1.82, 2.24) is 9.80 Å². The van der Waals surface area contributed by atoms with Crippen molar-refractivity contribution < 1.29 is 22.7 Å². The van der Waals surface area contributed by atoms with E-state index >= 15 is 0 Å². The first-order valence-corrected chi connectivity index (χ1v) is 13.4. The van der Waals surface area contributed by atoms with Crippen molar-refractivity contribution in [2.45, 2.75) is 50.4 Å². The molecular weight excluding hydrogens is 479 g/mol. The molecule has 0 N–H and O–H groups in total. The molecule has 2 saturated heterocycles. The van der Waals surface area contributed by atoms with E-state index in [0.29, 0.717) is 43.2 Å². The summed E-state index contributed by atoms with van der Waals surface area (Å²) in [5, 5.41) is 0. The number of piperazine rings is 1. The summed E-state index contributed by atoms with van der Waals surface area (Å²) in [6.07, 6.45) is 0.0873. The number of hydrogen-bond acceptors (Lipinski definition) is 5. The second kappa shape index (κ2) is 11.0. The summed E-state index contributed by atoms with van der Waals surface area (Å²) in [6, 6.07) is 15.2. The summed E-state index contributed by atoms with van der Waals surface area (Å²) in [7, 11) is 1.44. The lowest BCUT2D eigenvalue weighted by atomic mass is 9.85. The molecule has 2 heterocycles. The summed E-state index contributed by atoms with van der Waals surface area (Å²) < 4.78 is 44.5. The van der Waals surface area contributed by atoms with Gasteiger partial charge in [-0.3, -0.25) is 14.6 Å². The van der Waals surface area contributed by atoms with Crippen LogP contribution in [0.4, 0.5) is 18.9 Å². The van der Waals surface area contributed by atoms with Gasteiger partial charge < -0.3 is 9.64 Å². The topological polar surface area (TPSA) is 36.0 Å². The summed E-state index contributed by atoms with van der Waals surface area (Å²) in [6.45, 7) is 5.02. The number of piperidine rings is 1. The van der Waals surface area contributed by atoms with Gasteiger partial charge in [0.05, 0.1) is 12.7 Å². The number of alkyl halides is 3. The zero-order valence-corrected chi connectivity index (χ0v) is 21.4. The normalized spacial score (nSPS) is 23.7.